The van der Waals surface area contributed by atoms with Crippen LogP contribution >= 0.6 is 0 Å². The highest BCUT2D eigenvalue weighted by molar-refractivity contribution is 6.10. The van der Waals surface area contributed by atoms with Crippen molar-refractivity contribution in [2.45, 2.75) is 18.3 Å². The number of pyridine rings is 1. The maximum atomic E-state index is 13.4. The molecule has 0 fully saturated rings. The lowest BCUT2D eigenvalue weighted by Gasteiger charge is -2.28. The molecule has 3 aromatic rings. The van der Waals surface area contributed by atoms with Gasteiger partial charge in [-0.05, 0) is 35.7 Å². The van der Waals surface area contributed by atoms with Gasteiger partial charge in [0.15, 0.2) is 0 Å². The number of anilines is 2. The van der Waals surface area contributed by atoms with Crippen LogP contribution in [0.15, 0.2) is 77.7 Å². The standard InChI is InChI=1S/C23H21N3O3/c1-26-19-12-6-5-10-17(19)23(22(26)29,14-16-8-3-2-4-9-16)15-20(27)25-18-11-7-13-24-21(18)28/h2-13H,14-15H2,1H3,(H,24,28)(H,25,27)/t23-/m1/s1. The predicted molar refractivity (Wildman–Crippen MR) is 112 cm³/mol. The summed E-state index contributed by atoms with van der Waals surface area (Å²) in [7, 11) is 1.73. The van der Waals surface area contributed by atoms with Gasteiger partial charge in [-0.25, -0.2) is 0 Å². The second-order valence-electron chi connectivity index (χ2n) is 7.26. The number of likely N-dealkylation sites (N-methyl/N-ethyl adjacent to an activating group) is 1. The molecule has 1 aliphatic heterocycles. The fraction of sp³-hybridized carbons (Fsp3) is 0.174. The number of amides is 2. The average Bonchev–Trinajstić information content (AvgIpc) is 2.93. The summed E-state index contributed by atoms with van der Waals surface area (Å²) in [4.78, 5) is 42.4. The summed E-state index contributed by atoms with van der Waals surface area (Å²) in [6, 6.07) is 20.4. The van der Waals surface area contributed by atoms with Gasteiger partial charge in [0.05, 0.1) is 5.41 Å². The third-order valence-electron chi connectivity index (χ3n) is 5.40. The summed E-state index contributed by atoms with van der Waals surface area (Å²) >= 11 is 0. The van der Waals surface area contributed by atoms with E-state index >= 15 is 0 Å². The minimum absolute atomic E-state index is 0.0591. The highest BCUT2D eigenvalue weighted by Crippen LogP contribution is 2.45. The summed E-state index contributed by atoms with van der Waals surface area (Å²) in [5, 5.41) is 2.66. The Morgan fingerprint density at radius 2 is 1.72 bits per heavy atom. The van der Waals surface area contributed by atoms with Gasteiger partial charge in [0, 0.05) is 25.4 Å². The van der Waals surface area contributed by atoms with E-state index in [4.69, 9.17) is 0 Å². The molecule has 1 aliphatic rings. The Hall–Kier alpha value is -3.67. The quantitative estimate of drug-likeness (QED) is 0.706. The lowest BCUT2D eigenvalue weighted by molar-refractivity contribution is -0.127. The molecule has 0 aliphatic carbocycles. The van der Waals surface area contributed by atoms with Crippen molar-refractivity contribution in [3.05, 3.63) is 94.4 Å². The van der Waals surface area contributed by atoms with Crippen LogP contribution in [-0.2, 0) is 21.4 Å². The first-order valence-electron chi connectivity index (χ1n) is 9.40. The Bertz CT molecular complexity index is 1120. The number of H-pyrrole nitrogens is 1. The number of nitrogens with one attached hydrogen (secondary N) is 2. The minimum atomic E-state index is -1.03. The molecule has 2 N–H and O–H groups in total. The number of carbonyl (C=O) groups excluding carboxylic acids is 2. The van der Waals surface area contributed by atoms with Crippen molar-refractivity contribution in [3.63, 3.8) is 0 Å². The summed E-state index contributed by atoms with van der Waals surface area (Å²) < 4.78 is 0. The number of para-hydroxylation sites is 1. The van der Waals surface area contributed by atoms with Crippen LogP contribution in [0, 0.1) is 0 Å². The first-order chi connectivity index (χ1) is 14.0. The van der Waals surface area contributed by atoms with E-state index in [-0.39, 0.29) is 29.5 Å². The maximum absolute atomic E-state index is 13.4. The van der Waals surface area contributed by atoms with Crippen molar-refractivity contribution >= 4 is 23.2 Å². The van der Waals surface area contributed by atoms with Crippen LogP contribution < -0.4 is 15.8 Å². The molecule has 2 aromatic carbocycles. The van der Waals surface area contributed by atoms with Gasteiger partial charge in [0.25, 0.3) is 5.56 Å². The van der Waals surface area contributed by atoms with E-state index in [0.717, 1.165) is 16.8 Å². The van der Waals surface area contributed by atoms with E-state index in [9.17, 15) is 14.4 Å². The molecule has 146 valence electrons. The van der Waals surface area contributed by atoms with Gasteiger partial charge in [-0.15, -0.1) is 0 Å². The number of carbonyl (C=O) groups is 2. The van der Waals surface area contributed by atoms with Crippen molar-refractivity contribution < 1.29 is 9.59 Å². The average molecular weight is 387 g/mol. The lowest BCUT2D eigenvalue weighted by atomic mass is 9.73. The van der Waals surface area contributed by atoms with Crippen LogP contribution in [0.5, 0.6) is 0 Å². The van der Waals surface area contributed by atoms with E-state index in [2.05, 4.69) is 10.3 Å². The number of hydrogen-bond donors (Lipinski definition) is 2. The Kier molecular flexibility index (Phi) is 4.76. The zero-order valence-electron chi connectivity index (χ0n) is 16.0. The highest BCUT2D eigenvalue weighted by Gasteiger charge is 2.50. The molecule has 29 heavy (non-hydrogen) atoms. The Balaban J connectivity index is 1.74. The van der Waals surface area contributed by atoms with Crippen LogP contribution in [0.4, 0.5) is 11.4 Å². The van der Waals surface area contributed by atoms with Crippen molar-refractivity contribution in [2.75, 3.05) is 17.3 Å². The second kappa shape index (κ2) is 7.39. The molecule has 1 aromatic heterocycles. The minimum Gasteiger partial charge on any atom is -0.327 e. The predicted octanol–water partition coefficient (Wildman–Crippen LogP) is 2.86. The third-order valence-corrected chi connectivity index (χ3v) is 5.40. The Morgan fingerprint density at radius 3 is 2.48 bits per heavy atom. The molecular weight excluding hydrogens is 366 g/mol. The zero-order chi connectivity index (χ0) is 20.4. The normalized spacial score (nSPS) is 17.8. The summed E-state index contributed by atoms with van der Waals surface area (Å²) in [5.74, 6) is -0.504. The Morgan fingerprint density at radius 1 is 1.00 bits per heavy atom. The first kappa shape index (κ1) is 18.7. The first-order valence-corrected chi connectivity index (χ1v) is 9.40. The number of hydrogen-bond acceptors (Lipinski definition) is 3. The van der Waals surface area contributed by atoms with E-state index in [1.807, 2.05) is 54.6 Å². The molecule has 2 heterocycles. The molecule has 0 spiro atoms. The fourth-order valence-electron chi connectivity index (χ4n) is 4.05. The monoisotopic (exact) mass is 387 g/mol. The largest absolute Gasteiger partial charge is 0.327 e. The SMILES string of the molecule is CN1C(=O)[C@@](CC(=O)Nc2ccc[nH]c2=O)(Cc2ccccc2)c2ccccc21. The summed E-state index contributed by atoms with van der Waals surface area (Å²) in [5.41, 5.74) is 1.36. The third kappa shape index (κ3) is 3.33. The van der Waals surface area contributed by atoms with Gasteiger partial charge in [-0.3, -0.25) is 14.4 Å². The number of benzene rings is 2. The molecule has 6 heteroatoms. The van der Waals surface area contributed by atoms with Gasteiger partial charge in [0.1, 0.15) is 5.69 Å². The van der Waals surface area contributed by atoms with Gasteiger partial charge < -0.3 is 15.2 Å². The van der Waals surface area contributed by atoms with Crippen LogP contribution in [0.25, 0.3) is 0 Å². The topological polar surface area (TPSA) is 82.3 Å². The molecule has 2 amide bonds. The van der Waals surface area contributed by atoms with E-state index in [0.29, 0.717) is 6.42 Å². The molecule has 0 saturated heterocycles. The molecule has 0 bridgehead atoms. The van der Waals surface area contributed by atoms with Crippen LogP contribution in [0.3, 0.4) is 0 Å². The smallest absolute Gasteiger partial charge is 0.271 e. The van der Waals surface area contributed by atoms with Crippen molar-refractivity contribution in [1.82, 2.24) is 4.98 Å². The fourth-order valence-corrected chi connectivity index (χ4v) is 4.05. The van der Waals surface area contributed by atoms with Gasteiger partial charge in [-0.1, -0.05) is 48.5 Å². The molecule has 0 unspecified atom stereocenters. The maximum Gasteiger partial charge on any atom is 0.271 e. The van der Waals surface area contributed by atoms with Gasteiger partial charge in [0.2, 0.25) is 11.8 Å². The number of nitrogens with zero attached hydrogens (tertiary/aromatic N) is 1. The van der Waals surface area contributed by atoms with Crippen molar-refractivity contribution in [3.8, 4) is 0 Å². The van der Waals surface area contributed by atoms with Crippen LogP contribution in [0.1, 0.15) is 17.5 Å². The van der Waals surface area contributed by atoms with E-state index < -0.39 is 5.41 Å². The number of aromatic nitrogens is 1. The molecular formula is C23H21N3O3. The van der Waals surface area contributed by atoms with Crippen LogP contribution in [0.2, 0.25) is 0 Å². The highest BCUT2D eigenvalue weighted by atomic mass is 16.2. The summed E-state index contributed by atoms with van der Waals surface area (Å²) in [6.45, 7) is 0. The van der Waals surface area contributed by atoms with Crippen molar-refractivity contribution in [2.24, 2.45) is 0 Å². The zero-order valence-corrected chi connectivity index (χ0v) is 16.0. The van der Waals surface area contributed by atoms with E-state index in [1.165, 1.54) is 12.3 Å². The molecule has 0 saturated carbocycles. The molecule has 4 rings (SSSR count). The van der Waals surface area contributed by atoms with E-state index in [1.54, 1.807) is 18.0 Å². The molecule has 6 nitrogen and oxygen atoms in total. The Labute approximate surface area is 168 Å². The number of fused-ring (bicyclic) bond motifs is 1. The summed E-state index contributed by atoms with van der Waals surface area (Å²) in [6.07, 6.45) is 1.84. The second-order valence-corrected chi connectivity index (χ2v) is 7.26. The number of rotatable bonds is 5. The molecule has 1 atom stereocenters. The van der Waals surface area contributed by atoms with Gasteiger partial charge >= 0.3 is 0 Å². The number of aromatic amines is 1. The van der Waals surface area contributed by atoms with Gasteiger partial charge in [-0.2, -0.15) is 0 Å². The van der Waals surface area contributed by atoms with Crippen molar-refractivity contribution in [1.29, 1.82) is 0 Å². The lowest BCUT2D eigenvalue weighted by Crippen LogP contribution is -2.43. The molecule has 0 radical (unpaired) electrons. The van der Waals surface area contributed by atoms with Crippen LogP contribution in [-0.4, -0.2) is 23.8 Å².